The van der Waals surface area contributed by atoms with E-state index in [4.69, 9.17) is 0 Å². The van der Waals surface area contributed by atoms with Gasteiger partial charge in [0.05, 0.1) is 24.2 Å². The van der Waals surface area contributed by atoms with Crippen LogP contribution in [0.1, 0.15) is 12.7 Å². The van der Waals surface area contributed by atoms with Crippen LogP contribution in [0, 0.1) is 0 Å². The molecule has 3 rings (SSSR count). The summed E-state index contributed by atoms with van der Waals surface area (Å²) in [5.41, 5.74) is 0.790. The zero-order valence-corrected chi connectivity index (χ0v) is 12.4. The van der Waals surface area contributed by atoms with Crippen LogP contribution in [0.4, 0.5) is 5.82 Å². The summed E-state index contributed by atoms with van der Waals surface area (Å²) < 4.78 is 1.73. The van der Waals surface area contributed by atoms with Crippen LogP contribution in [0.5, 0.6) is 0 Å². The van der Waals surface area contributed by atoms with E-state index in [0.717, 1.165) is 23.4 Å². The summed E-state index contributed by atoms with van der Waals surface area (Å²) >= 11 is 0. The number of hydrogen-bond donors (Lipinski definition) is 2. The van der Waals surface area contributed by atoms with Gasteiger partial charge in [0.1, 0.15) is 11.6 Å². The summed E-state index contributed by atoms with van der Waals surface area (Å²) in [4.78, 5) is 22.9. The van der Waals surface area contributed by atoms with Gasteiger partial charge in [-0.1, -0.05) is 0 Å². The van der Waals surface area contributed by atoms with E-state index >= 15 is 0 Å². The number of aryl methyl sites for hydroxylation is 1. The van der Waals surface area contributed by atoms with Gasteiger partial charge in [-0.3, -0.25) is 14.4 Å². The molecule has 8 heteroatoms. The molecule has 2 aromatic rings. The molecule has 2 aromatic heterocycles. The Labute approximate surface area is 122 Å². The lowest BCUT2D eigenvalue weighted by molar-refractivity contribution is -0.128. The van der Waals surface area contributed by atoms with Crippen LogP contribution >= 0.6 is 0 Å². The Kier molecular flexibility index (Phi) is 3.46. The third-order valence-electron chi connectivity index (χ3n) is 3.85. The molecule has 1 aliphatic rings. The number of rotatable bonds is 3. The van der Waals surface area contributed by atoms with Gasteiger partial charge in [0.15, 0.2) is 5.65 Å². The molecule has 0 radical (unpaired) electrons. The first-order valence-corrected chi connectivity index (χ1v) is 6.98. The monoisotopic (exact) mass is 289 g/mol. The van der Waals surface area contributed by atoms with Gasteiger partial charge in [0.2, 0.25) is 5.91 Å². The lowest BCUT2D eigenvalue weighted by Gasteiger charge is -2.32. The average molecular weight is 289 g/mol. The Hall–Kier alpha value is -2.22. The number of carbonyl (C=O) groups excluding carboxylic acids is 1. The van der Waals surface area contributed by atoms with Gasteiger partial charge in [-0.15, -0.1) is 0 Å². The molecule has 8 nitrogen and oxygen atoms in total. The molecule has 112 valence electrons. The Morgan fingerprint density at radius 2 is 2.29 bits per heavy atom. The van der Waals surface area contributed by atoms with Crippen LogP contribution < -0.4 is 10.6 Å². The van der Waals surface area contributed by atoms with Crippen molar-refractivity contribution in [2.75, 3.05) is 25.5 Å². The van der Waals surface area contributed by atoms with Crippen molar-refractivity contribution in [2.24, 2.45) is 7.05 Å². The van der Waals surface area contributed by atoms with Gasteiger partial charge in [-0.05, 0) is 6.92 Å². The van der Waals surface area contributed by atoms with Crippen LogP contribution in [0.15, 0.2) is 6.20 Å². The minimum Gasteiger partial charge on any atom is -0.372 e. The molecule has 1 saturated heterocycles. The molecule has 0 saturated carbocycles. The SMILES string of the molecule is CNc1nc(CN2CCNC(=O)C2C)nc2c1cnn2C. The standard InChI is InChI=1S/C13H19N7O/c1-8-13(21)15-4-5-20(8)7-10-17-11(14-2)9-6-16-19(3)12(9)18-10/h6,8H,4-5,7H2,1-3H3,(H,15,21)(H,14,17,18). The molecule has 0 aliphatic carbocycles. The van der Waals surface area contributed by atoms with Crippen LogP contribution in [0.3, 0.4) is 0 Å². The van der Waals surface area contributed by atoms with Crippen LogP contribution in [-0.4, -0.2) is 56.7 Å². The van der Waals surface area contributed by atoms with Crippen molar-refractivity contribution in [3.8, 4) is 0 Å². The van der Waals surface area contributed by atoms with Gasteiger partial charge in [0, 0.05) is 27.2 Å². The lowest BCUT2D eigenvalue weighted by Crippen LogP contribution is -2.53. The molecule has 1 aliphatic heterocycles. The molecule has 21 heavy (non-hydrogen) atoms. The fourth-order valence-electron chi connectivity index (χ4n) is 2.56. The second kappa shape index (κ2) is 5.28. The average Bonchev–Trinajstić information content (AvgIpc) is 2.85. The number of nitrogens with one attached hydrogen (secondary N) is 2. The van der Waals surface area contributed by atoms with E-state index in [-0.39, 0.29) is 11.9 Å². The van der Waals surface area contributed by atoms with Crippen molar-refractivity contribution < 1.29 is 4.79 Å². The van der Waals surface area contributed by atoms with E-state index in [9.17, 15) is 4.79 Å². The Morgan fingerprint density at radius 3 is 3.05 bits per heavy atom. The van der Waals surface area contributed by atoms with Crippen molar-refractivity contribution >= 4 is 22.8 Å². The lowest BCUT2D eigenvalue weighted by atomic mass is 10.2. The van der Waals surface area contributed by atoms with E-state index in [2.05, 4.69) is 30.6 Å². The molecular formula is C13H19N7O. The molecular weight excluding hydrogens is 270 g/mol. The first kappa shape index (κ1) is 13.7. The largest absolute Gasteiger partial charge is 0.372 e. The van der Waals surface area contributed by atoms with Crippen molar-refractivity contribution in [2.45, 2.75) is 19.5 Å². The Bertz CT molecular complexity index is 680. The smallest absolute Gasteiger partial charge is 0.237 e. The van der Waals surface area contributed by atoms with Crippen molar-refractivity contribution in [1.29, 1.82) is 0 Å². The first-order valence-electron chi connectivity index (χ1n) is 6.98. The van der Waals surface area contributed by atoms with E-state index in [1.54, 1.807) is 10.9 Å². The number of aromatic nitrogens is 4. The molecule has 1 fully saturated rings. The fraction of sp³-hybridized carbons (Fsp3) is 0.538. The number of anilines is 1. The summed E-state index contributed by atoms with van der Waals surface area (Å²) in [6.45, 7) is 3.91. The number of carbonyl (C=O) groups is 1. The molecule has 3 heterocycles. The van der Waals surface area contributed by atoms with Crippen molar-refractivity contribution in [3.05, 3.63) is 12.0 Å². The van der Waals surface area contributed by atoms with Crippen LogP contribution in [0.25, 0.3) is 11.0 Å². The number of amides is 1. The van der Waals surface area contributed by atoms with Crippen molar-refractivity contribution in [1.82, 2.24) is 30.0 Å². The Balaban J connectivity index is 1.93. The third-order valence-corrected chi connectivity index (χ3v) is 3.85. The normalized spacial score (nSPS) is 19.8. The maximum Gasteiger partial charge on any atom is 0.237 e. The number of nitrogens with zero attached hydrogens (tertiary/aromatic N) is 5. The summed E-state index contributed by atoms with van der Waals surface area (Å²) in [5.74, 6) is 1.51. The molecule has 0 bridgehead atoms. The van der Waals surface area contributed by atoms with E-state index in [1.807, 2.05) is 21.0 Å². The van der Waals surface area contributed by atoms with Gasteiger partial charge < -0.3 is 10.6 Å². The van der Waals surface area contributed by atoms with E-state index < -0.39 is 0 Å². The molecule has 0 aromatic carbocycles. The second-order valence-electron chi connectivity index (χ2n) is 5.18. The first-order chi connectivity index (χ1) is 10.1. The third kappa shape index (κ3) is 2.42. The van der Waals surface area contributed by atoms with Crippen LogP contribution in [-0.2, 0) is 18.4 Å². The van der Waals surface area contributed by atoms with Gasteiger partial charge in [0.25, 0.3) is 0 Å². The molecule has 1 atom stereocenters. The van der Waals surface area contributed by atoms with Crippen LogP contribution in [0.2, 0.25) is 0 Å². The van der Waals surface area contributed by atoms with Gasteiger partial charge in [-0.2, -0.15) is 5.10 Å². The predicted molar refractivity (Wildman–Crippen MR) is 78.7 cm³/mol. The number of piperazine rings is 1. The highest BCUT2D eigenvalue weighted by Gasteiger charge is 2.26. The highest BCUT2D eigenvalue weighted by Crippen LogP contribution is 2.20. The zero-order valence-electron chi connectivity index (χ0n) is 12.4. The highest BCUT2D eigenvalue weighted by molar-refractivity contribution is 5.86. The summed E-state index contributed by atoms with van der Waals surface area (Å²) in [7, 11) is 3.69. The quantitative estimate of drug-likeness (QED) is 0.808. The zero-order chi connectivity index (χ0) is 15.0. The summed E-state index contributed by atoms with van der Waals surface area (Å²) in [6, 6.07) is -0.164. The molecule has 1 unspecified atom stereocenters. The molecule has 2 N–H and O–H groups in total. The number of hydrogen-bond acceptors (Lipinski definition) is 6. The Morgan fingerprint density at radius 1 is 1.48 bits per heavy atom. The van der Waals surface area contributed by atoms with Crippen molar-refractivity contribution in [3.63, 3.8) is 0 Å². The maximum atomic E-state index is 11.7. The summed E-state index contributed by atoms with van der Waals surface area (Å²) in [5, 5.41) is 11.0. The van der Waals surface area contributed by atoms with Gasteiger partial charge in [-0.25, -0.2) is 9.97 Å². The van der Waals surface area contributed by atoms with E-state index in [0.29, 0.717) is 18.9 Å². The fourth-order valence-corrected chi connectivity index (χ4v) is 2.56. The van der Waals surface area contributed by atoms with E-state index in [1.165, 1.54) is 0 Å². The minimum absolute atomic E-state index is 0.0525. The minimum atomic E-state index is -0.164. The maximum absolute atomic E-state index is 11.7. The molecule has 1 amide bonds. The second-order valence-corrected chi connectivity index (χ2v) is 5.18. The summed E-state index contributed by atoms with van der Waals surface area (Å²) in [6.07, 6.45) is 1.75. The number of fused-ring (bicyclic) bond motifs is 1. The predicted octanol–water partition coefficient (Wildman–Crippen LogP) is -0.275. The topological polar surface area (TPSA) is 88.0 Å². The highest BCUT2D eigenvalue weighted by atomic mass is 16.2. The van der Waals surface area contributed by atoms with Gasteiger partial charge >= 0.3 is 0 Å². The molecule has 0 spiro atoms.